The van der Waals surface area contributed by atoms with Crippen molar-refractivity contribution in [1.82, 2.24) is 19.3 Å². The minimum Gasteiger partial charge on any atom is -0.294 e. The lowest BCUT2D eigenvalue weighted by atomic mass is 10.0. The first-order valence-corrected chi connectivity index (χ1v) is 7.02. The van der Waals surface area contributed by atoms with Crippen molar-refractivity contribution >= 4 is 11.0 Å². The Morgan fingerprint density at radius 3 is 2.57 bits per heavy atom. The lowest BCUT2D eigenvalue weighted by molar-refractivity contribution is 0.736. The van der Waals surface area contributed by atoms with E-state index in [9.17, 15) is 4.79 Å². The molecule has 1 aromatic carbocycles. The summed E-state index contributed by atoms with van der Waals surface area (Å²) in [6.07, 6.45) is 3.16. The lowest BCUT2D eigenvalue weighted by Crippen LogP contribution is -2.21. The molecule has 0 radical (unpaired) electrons. The van der Waals surface area contributed by atoms with Gasteiger partial charge in [-0.25, -0.2) is 4.98 Å². The highest BCUT2D eigenvalue weighted by Gasteiger charge is 2.08. The number of rotatable bonds is 3. The Bertz CT molecular complexity index is 828. The molecule has 0 aliphatic rings. The van der Waals surface area contributed by atoms with Crippen LogP contribution >= 0.6 is 0 Å². The van der Waals surface area contributed by atoms with E-state index in [1.165, 1.54) is 5.56 Å². The van der Waals surface area contributed by atoms with E-state index in [-0.39, 0.29) is 5.56 Å². The topological polar surface area (TPSA) is 52.7 Å². The molecule has 0 bridgehead atoms. The Morgan fingerprint density at radius 2 is 1.90 bits per heavy atom. The zero-order chi connectivity index (χ0) is 15.0. The Balaban J connectivity index is 1.94. The molecule has 0 saturated heterocycles. The van der Waals surface area contributed by atoms with E-state index in [1.54, 1.807) is 28.8 Å². The summed E-state index contributed by atoms with van der Waals surface area (Å²) in [4.78, 5) is 16.7. The quantitative estimate of drug-likeness (QED) is 0.740. The second kappa shape index (κ2) is 5.16. The molecule has 0 N–H and O–H groups in total. The number of nitrogens with zero attached hydrogens (tertiary/aromatic N) is 4. The average Bonchev–Trinajstić information content (AvgIpc) is 2.85. The van der Waals surface area contributed by atoms with Crippen molar-refractivity contribution in [2.45, 2.75) is 26.3 Å². The van der Waals surface area contributed by atoms with Crippen molar-refractivity contribution in [2.75, 3.05) is 0 Å². The highest BCUT2D eigenvalue weighted by atomic mass is 16.1. The zero-order valence-corrected chi connectivity index (χ0v) is 12.4. The summed E-state index contributed by atoms with van der Waals surface area (Å²) in [7, 11) is 1.78. The molecule has 5 nitrogen and oxygen atoms in total. The Labute approximate surface area is 122 Å². The molecular weight excluding hydrogens is 264 g/mol. The van der Waals surface area contributed by atoms with Gasteiger partial charge in [0.2, 0.25) is 0 Å². The third kappa shape index (κ3) is 2.46. The van der Waals surface area contributed by atoms with Crippen LogP contribution in [0.15, 0.2) is 41.6 Å². The molecular formula is C16H18N4O. The Kier molecular flexibility index (Phi) is 3.33. The molecule has 0 aliphatic carbocycles. The van der Waals surface area contributed by atoms with Gasteiger partial charge in [-0.2, -0.15) is 5.10 Å². The first kappa shape index (κ1) is 13.5. The molecule has 0 amide bonds. The van der Waals surface area contributed by atoms with Gasteiger partial charge in [0.1, 0.15) is 11.7 Å². The summed E-state index contributed by atoms with van der Waals surface area (Å²) in [6, 6.07) is 8.35. The van der Waals surface area contributed by atoms with Gasteiger partial charge < -0.3 is 0 Å². The molecule has 3 rings (SSSR count). The van der Waals surface area contributed by atoms with Gasteiger partial charge in [0.15, 0.2) is 5.65 Å². The molecule has 21 heavy (non-hydrogen) atoms. The minimum atomic E-state index is -0.0546. The van der Waals surface area contributed by atoms with Crippen LogP contribution in [0.5, 0.6) is 0 Å². The Hall–Kier alpha value is -2.43. The van der Waals surface area contributed by atoms with E-state index in [4.69, 9.17) is 0 Å². The maximum Gasteiger partial charge on any atom is 0.264 e. The van der Waals surface area contributed by atoms with Gasteiger partial charge in [0, 0.05) is 7.05 Å². The first-order chi connectivity index (χ1) is 10.1. The highest BCUT2D eigenvalue weighted by Crippen LogP contribution is 2.15. The molecule has 0 spiro atoms. The fourth-order valence-electron chi connectivity index (χ4n) is 2.38. The maximum atomic E-state index is 12.4. The van der Waals surface area contributed by atoms with E-state index < -0.39 is 0 Å². The summed E-state index contributed by atoms with van der Waals surface area (Å²) >= 11 is 0. The normalized spacial score (nSPS) is 11.4. The molecule has 0 fully saturated rings. The third-order valence-electron chi connectivity index (χ3n) is 3.72. The van der Waals surface area contributed by atoms with E-state index in [2.05, 4.69) is 48.2 Å². The van der Waals surface area contributed by atoms with Gasteiger partial charge in [0.05, 0.1) is 12.7 Å². The monoisotopic (exact) mass is 282 g/mol. The minimum absolute atomic E-state index is 0.0546. The second-order valence-electron chi connectivity index (χ2n) is 5.58. The summed E-state index contributed by atoms with van der Waals surface area (Å²) in [5.41, 5.74) is 2.95. The fourth-order valence-corrected chi connectivity index (χ4v) is 2.38. The lowest BCUT2D eigenvalue weighted by Gasteiger charge is -2.08. The summed E-state index contributed by atoms with van der Waals surface area (Å²) in [5.74, 6) is 0.509. The van der Waals surface area contributed by atoms with E-state index in [0.29, 0.717) is 23.5 Å². The first-order valence-electron chi connectivity index (χ1n) is 7.02. The number of hydrogen-bond acceptors (Lipinski definition) is 3. The predicted octanol–water partition coefficient (Wildman–Crippen LogP) is 2.30. The van der Waals surface area contributed by atoms with E-state index in [0.717, 1.165) is 5.56 Å². The number of hydrogen-bond donors (Lipinski definition) is 0. The van der Waals surface area contributed by atoms with Crippen LogP contribution in [-0.4, -0.2) is 19.3 Å². The molecule has 2 heterocycles. The van der Waals surface area contributed by atoms with Crippen molar-refractivity contribution in [3.63, 3.8) is 0 Å². The van der Waals surface area contributed by atoms with Crippen LogP contribution in [0, 0.1) is 0 Å². The van der Waals surface area contributed by atoms with E-state index >= 15 is 0 Å². The van der Waals surface area contributed by atoms with Crippen LogP contribution in [-0.2, 0) is 13.6 Å². The molecule has 5 heteroatoms. The summed E-state index contributed by atoms with van der Waals surface area (Å²) in [6.45, 7) is 4.86. The van der Waals surface area contributed by atoms with Crippen molar-refractivity contribution in [1.29, 1.82) is 0 Å². The highest BCUT2D eigenvalue weighted by molar-refractivity contribution is 5.72. The third-order valence-corrected chi connectivity index (χ3v) is 3.72. The SMILES string of the molecule is CC(C)c1ccc(Cn2cnc3c(cnn3C)c2=O)cc1. The smallest absolute Gasteiger partial charge is 0.264 e. The predicted molar refractivity (Wildman–Crippen MR) is 82.4 cm³/mol. The van der Waals surface area contributed by atoms with Crippen molar-refractivity contribution < 1.29 is 0 Å². The van der Waals surface area contributed by atoms with Crippen LogP contribution in [0.25, 0.3) is 11.0 Å². The summed E-state index contributed by atoms with van der Waals surface area (Å²) < 4.78 is 3.23. The van der Waals surface area contributed by atoms with Crippen molar-refractivity contribution in [3.05, 3.63) is 58.3 Å². The maximum absolute atomic E-state index is 12.4. The molecule has 2 aromatic heterocycles. The van der Waals surface area contributed by atoms with Crippen molar-refractivity contribution in [2.24, 2.45) is 7.05 Å². The van der Waals surface area contributed by atoms with Crippen LogP contribution < -0.4 is 5.56 Å². The van der Waals surface area contributed by atoms with Gasteiger partial charge in [-0.3, -0.25) is 14.0 Å². The molecule has 0 aliphatic heterocycles. The van der Waals surface area contributed by atoms with E-state index in [1.807, 2.05) is 0 Å². The molecule has 0 saturated carbocycles. The van der Waals surface area contributed by atoms with Crippen LogP contribution in [0.2, 0.25) is 0 Å². The largest absolute Gasteiger partial charge is 0.294 e. The van der Waals surface area contributed by atoms with Crippen LogP contribution in [0.1, 0.15) is 30.9 Å². The van der Waals surface area contributed by atoms with Gasteiger partial charge in [0.25, 0.3) is 5.56 Å². The van der Waals surface area contributed by atoms with Crippen LogP contribution in [0.4, 0.5) is 0 Å². The summed E-state index contributed by atoms with van der Waals surface area (Å²) in [5, 5.41) is 4.63. The zero-order valence-electron chi connectivity index (χ0n) is 12.4. The Morgan fingerprint density at radius 1 is 1.19 bits per heavy atom. The van der Waals surface area contributed by atoms with Gasteiger partial charge >= 0.3 is 0 Å². The van der Waals surface area contributed by atoms with Crippen LogP contribution in [0.3, 0.4) is 0 Å². The van der Waals surface area contributed by atoms with Gasteiger partial charge in [-0.05, 0) is 17.0 Å². The standard InChI is InChI=1S/C16H18N4O/c1-11(2)13-6-4-12(5-7-13)9-20-10-17-15-14(16(20)21)8-18-19(15)3/h4-8,10-11H,9H2,1-3H3. The molecule has 108 valence electrons. The number of aryl methyl sites for hydroxylation is 1. The molecule has 0 atom stereocenters. The number of aromatic nitrogens is 4. The van der Waals surface area contributed by atoms with Crippen molar-refractivity contribution in [3.8, 4) is 0 Å². The molecule has 0 unspecified atom stereocenters. The fraction of sp³-hybridized carbons (Fsp3) is 0.312. The number of benzene rings is 1. The second-order valence-corrected chi connectivity index (χ2v) is 5.58. The molecule has 3 aromatic rings. The van der Waals surface area contributed by atoms with Gasteiger partial charge in [-0.15, -0.1) is 0 Å². The average molecular weight is 282 g/mol. The number of fused-ring (bicyclic) bond motifs is 1. The van der Waals surface area contributed by atoms with Gasteiger partial charge in [-0.1, -0.05) is 38.1 Å².